The number of hydrogen-bond donors (Lipinski definition) is 3. The lowest BCUT2D eigenvalue weighted by molar-refractivity contribution is -0.118. The van der Waals surface area contributed by atoms with Crippen LogP contribution in [-0.2, 0) is 26.7 Å². The molecule has 0 fully saturated rings. The monoisotopic (exact) mass is 434 g/mol. The Morgan fingerprint density at radius 3 is 1.97 bits per heavy atom. The molecular formula is C23H31FN2O3S. The molecule has 0 bridgehead atoms. The van der Waals surface area contributed by atoms with Crippen molar-refractivity contribution in [3.05, 3.63) is 64.5 Å². The first kappa shape index (κ1) is 24.0. The minimum absolute atomic E-state index is 0.00994. The van der Waals surface area contributed by atoms with Gasteiger partial charge < -0.3 is 5.11 Å². The summed E-state index contributed by atoms with van der Waals surface area (Å²) in [5.41, 5.74) is 1.74. The molecule has 0 heterocycles. The Morgan fingerprint density at radius 2 is 1.57 bits per heavy atom. The van der Waals surface area contributed by atoms with Gasteiger partial charge in [-0.25, -0.2) is 13.4 Å². The molecule has 0 radical (unpaired) electrons. The standard InChI is InChI=1S/C23H31FN2O3S/c1-14(2)19-11-17(24)12-20(15(3)4)21(19)13-22(27)26-30(25,29)18-9-7-16(8-10-18)23(5,6)28/h7-12,14-15,28H,13H2,1-6H3,(H2,25,26,27,29)/t30-/m1/s1. The highest BCUT2D eigenvalue weighted by Gasteiger charge is 2.22. The predicted octanol–water partition coefficient (Wildman–Crippen LogP) is 4.98. The summed E-state index contributed by atoms with van der Waals surface area (Å²) in [6, 6.07) is 8.99. The van der Waals surface area contributed by atoms with Crippen molar-refractivity contribution < 1.29 is 18.5 Å². The fourth-order valence-corrected chi connectivity index (χ4v) is 4.41. The van der Waals surface area contributed by atoms with Gasteiger partial charge in [0.05, 0.1) is 16.9 Å². The topological polar surface area (TPSA) is 90.3 Å². The number of amides is 1. The Balaban J connectivity index is 2.31. The van der Waals surface area contributed by atoms with Gasteiger partial charge in [0.2, 0.25) is 5.91 Å². The average Bonchev–Trinajstić information content (AvgIpc) is 2.61. The largest absolute Gasteiger partial charge is 0.386 e. The molecule has 2 rings (SSSR count). The third kappa shape index (κ3) is 5.67. The van der Waals surface area contributed by atoms with Crippen LogP contribution in [0.15, 0.2) is 41.3 Å². The van der Waals surface area contributed by atoms with Crippen molar-refractivity contribution in [2.24, 2.45) is 0 Å². The van der Waals surface area contributed by atoms with E-state index < -0.39 is 21.4 Å². The first-order valence-corrected chi connectivity index (χ1v) is 11.5. The van der Waals surface area contributed by atoms with E-state index in [2.05, 4.69) is 4.72 Å². The summed E-state index contributed by atoms with van der Waals surface area (Å²) in [5, 5.41) is 10.0. The zero-order valence-electron chi connectivity index (χ0n) is 18.4. The number of hydrogen-bond acceptors (Lipinski definition) is 4. The fourth-order valence-electron chi connectivity index (χ4n) is 3.38. The van der Waals surface area contributed by atoms with Crippen molar-refractivity contribution in [3.8, 4) is 0 Å². The van der Waals surface area contributed by atoms with Gasteiger partial charge in [0.25, 0.3) is 0 Å². The molecule has 0 aromatic heterocycles. The smallest absolute Gasteiger partial charge is 0.236 e. The van der Waals surface area contributed by atoms with Crippen LogP contribution in [0.4, 0.5) is 4.39 Å². The number of halogens is 1. The number of carbonyl (C=O) groups is 1. The lowest BCUT2D eigenvalue weighted by atomic mass is 9.87. The van der Waals surface area contributed by atoms with Gasteiger partial charge in [0, 0.05) is 0 Å². The second-order valence-electron chi connectivity index (χ2n) is 8.71. The first-order chi connectivity index (χ1) is 13.7. The summed E-state index contributed by atoms with van der Waals surface area (Å²) in [6.07, 6.45) is -0.0844. The number of rotatable bonds is 7. The maximum absolute atomic E-state index is 14.1. The van der Waals surface area contributed by atoms with Crippen molar-refractivity contribution in [1.29, 1.82) is 4.78 Å². The van der Waals surface area contributed by atoms with E-state index in [1.165, 1.54) is 24.3 Å². The maximum Gasteiger partial charge on any atom is 0.236 e. The third-order valence-electron chi connectivity index (χ3n) is 5.02. The quantitative estimate of drug-likeness (QED) is 0.574. The minimum Gasteiger partial charge on any atom is -0.386 e. The summed E-state index contributed by atoms with van der Waals surface area (Å²) in [7, 11) is -3.57. The molecule has 3 N–H and O–H groups in total. The second kappa shape index (κ2) is 8.86. The van der Waals surface area contributed by atoms with Gasteiger partial charge in [0.15, 0.2) is 9.92 Å². The molecule has 30 heavy (non-hydrogen) atoms. The van der Waals surface area contributed by atoms with Gasteiger partial charge in [0.1, 0.15) is 5.82 Å². The van der Waals surface area contributed by atoms with Crippen LogP contribution >= 0.6 is 0 Å². The van der Waals surface area contributed by atoms with E-state index >= 15 is 0 Å². The van der Waals surface area contributed by atoms with Crippen LogP contribution < -0.4 is 4.72 Å². The van der Waals surface area contributed by atoms with Gasteiger partial charge >= 0.3 is 0 Å². The van der Waals surface area contributed by atoms with Crippen molar-refractivity contribution in [2.45, 2.75) is 70.3 Å². The number of benzene rings is 2. The van der Waals surface area contributed by atoms with Crippen molar-refractivity contribution in [2.75, 3.05) is 0 Å². The third-order valence-corrected chi connectivity index (χ3v) is 6.47. The molecule has 2 aromatic carbocycles. The highest BCUT2D eigenvalue weighted by Crippen LogP contribution is 2.30. The van der Waals surface area contributed by atoms with Crippen molar-refractivity contribution >= 4 is 15.8 Å². The van der Waals surface area contributed by atoms with E-state index in [0.29, 0.717) is 11.1 Å². The van der Waals surface area contributed by atoms with Crippen LogP contribution in [0.1, 0.15) is 75.6 Å². The van der Waals surface area contributed by atoms with Crippen molar-refractivity contribution in [3.63, 3.8) is 0 Å². The molecule has 0 aliphatic heterocycles. The molecule has 0 aliphatic rings. The minimum atomic E-state index is -3.57. The molecule has 0 unspecified atom stereocenters. The summed E-state index contributed by atoms with van der Waals surface area (Å²) in [6.45, 7) is 11.0. The second-order valence-corrected chi connectivity index (χ2v) is 10.5. The van der Waals surface area contributed by atoms with E-state index in [9.17, 15) is 18.5 Å². The van der Waals surface area contributed by atoms with Gasteiger partial charge in [-0.2, -0.15) is 0 Å². The molecule has 7 heteroatoms. The Hall–Kier alpha value is -2.25. The molecule has 164 valence electrons. The van der Waals surface area contributed by atoms with Crippen LogP contribution in [0, 0.1) is 10.6 Å². The summed E-state index contributed by atoms with van der Waals surface area (Å²) >= 11 is 0. The summed E-state index contributed by atoms with van der Waals surface area (Å²) < 4.78 is 37.4. The van der Waals surface area contributed by atoms with Gasteiger partial charge in [-0.1, -0.05) is 39.8 Å². The molecule has 2 aromatic rings. The predicted molar refractivity (Wildman–Crippen MR) is 117 cm³/mol. The Bertz CT molecular complexity index is 992. The van der Waals surface area contributed by atoms with E-state index in [0.717, 1.165) is 11.1 Å². The molecule has 1 amide bonds. The maximum atomic E-state index is 14.1. The summed E-state index contributed by atoms with van der Waals surface area (Å²) in [5.74, 6) is -0.883. The molecular weight excluding hydrogens is 403 g/mol. The van der Waals surface area contributed by atoms with E-state index in [-0.39, 0.29) is 29.0 Å². The molecule has 0 aliphatic carbocycles. The number of carbonyl (C=O) groups excluding carboxylic acids is 1. The highest BCUT2D eigenvalue weighted by molar-refractivity contribution is 7.91. The van der Waals surface area contributed by atoms with E-state index in [1.54, 1.807) is 26.0 Å². The van der Waals surface area contributed by atoms with Crippen LogP contribution in [0.25, 0.3) is 0 Å². The number of aliphatic hydroxyl groups is 1. The lowest BCUT2D eigenvalue weighted by Gasteiger charge is -2.20. The Kier molecular flexibility index (Phi) is 7.09. The van der Waals surface area contributed by atoms with Crippen molar-refractivity contribution in [1.82, 2.24) is 4.72 Å². The summed E-state index contributed by atoms with van der Waals surface area (Å²) in [4.78, 5) is 12.9. The first-order valence-electron chi connectivity index (χ1n) is 9.97. The molecule has 0 spiro atoms. The van der Waals surface area contributed by atoms with Gasteiger partial charge in [-0.3, -0.25) is 9.52 Å². The Labute approximate surface area is 178 Å². The Morgan fingerprint density at radius 1 is 1.10 bits per heavy atom. The SMILES string of the molecule is CC(C)c1cc(F)cc(C(C)C)c1CC(=O)N[S@@](=N)(=O)c1ccc(C(C)(C)O)cc1. The average molecular weight is 435 g/mol. The molecule has 1 atom stereocenters. The molecule has 5 nitrogen and oxygen atoms in total. The van der Waals surface area contributed by atoms with Gasteiger partial charge in [-0.05, 0) is 72.2 Å². The van der Waals surface area contributed by atoms with Crippen LogP contribution in [0.3, 0.4) is 0 Å². The molecule has 0 saturated heterocycles. The number of nitrogens with one attached hydrogen (secondary N) is 2. The zero-order chi connectivity index (χ0) is 22.9. The zero-order valence-corrected chi connectivity index (χ0v) is 19.2. The normalized spacial score (nSPS) is 14.1. The van der Waals surface area contributed by atoms with Crippen LogP contribution in [0.5, 0.6) is 0 Å². The molecule has 0 saturated carbocycles. The van der Waals surface area contributed by atoms with Crippen LogP contribution in [0.2, 0.25) is 0 Å². The van der Waals surface area contributed by atoms with Gasteiger partial charge in [-0.15, -0.1) is 0 Å². The van der Waals surface area contributed by atoms with E-state index in [4.69, 9.17) is 4.78 Å². The fraction of sp³-hybridized carbons (Fsp3) is 0.435. The highest BCUT2D eigenvalue weighted by atomic mass is 32.2. The van der Waals surface area contributed by atoms with Crippen LogP contribution in [-0.4, -0.2) is 15.2 Å². The lowest BCUT2D eigenvalue weighted by Crippen LogP contribution is -2.31. The van der Waals surface area contributed by atoms with E-state index in [1.807, 2.05) is 27.7 Å².